The van der Waals surface area contributed by atoms with E-state index >= 15 is 0 Å². The van der Waals surface area contributed by atoms with Crippen molar-refractivity contribution in [1.29, 1.82) is 0 Å². The second kappa shape index (κ2) is 4.35. The molecule has 2 aromatic rings. The van der Waals surface area contributed by atoms with E-state index in [-0.39, 0.29) is 17.6 Å². The molecule has 2 atom stereocenters. The number of carbonyl (C=O) groups is 1. The van der Waals surface area contributed by atoms with Crippen LogP contribution in [0.1, 0.15) is 17.3 Å². The molecule has 104 valence electrons. The third-order valence-electron chi connectivity index (χ3n) is 3.89. The maximum absolute atomic E-state index is 12.2. The maximum Gasteiger partial charge on any atom is 0.341 e. The van der Waals surface area contributed by atoms with E-state index in [1.54, 1.807) is 22.9 Å². The molecule has 6 nitrogen and oxygen atoms in total. The smallest absolute Gasteiger partial charge is 0.341 e. The van der Waals surface area contributed by atoms with Crippen LogP contribution in [-0.4, -0.2) is 34.4 Å². The predicted molar refractivity (Wildman–Crippen MR) is 75.7 cm³/mol. The number of benzene rings is 1. The van der Waals surface area contributed by atoms with Crippen LogP contribution in [0.3, 0.4) is 0 Å². The number of hydrogen-bond donors (Lipinski definition) is 2. The third kappa shape index (κ3) is 1.69. The van der Waals surface area contributed by atoms with Gasteiger partial charge in [-0.15, -0.1) is 0 Å². The molecule has 1 aromatic heterocycles. The lowest BCUT2D eigenvalue weighted by Gasteiger charge is -2.47. The van der Waals surface area contributed by atoms with E-state index in [4.69, 9.17) is 5.73 Å². The molecule has 1 aliphatic rings. The van der Waals surface area contributed by atoms with Gasteiger partial charge in [0.25, 0.3) is 0 Å². The van der Waals surface area contributed by atoms with Crippen molar-refractivity contribution in [3.8, 4) is 0 Å². The highest BCUT2D eigenvalue weighted by Gasteiger charge is 2.33. The van der Waals surface area contributed by atoms with Crippen molar-refractivity contribution in [3.05, 3.63) is 46.2 Å². The minimum absolute atomic E-state index is 0.0569. The quantitative estimate of drug-likeness (QED) is 0.825. The van der Waals surface area contributed by atoms with Crippen molar-refractivity contribution >= 4 is 16.9 Å². The number of nitrogens with two attached hydrogens (primary N) is 1. The van der Waals surface area contributed by atoms with Crippen molar-refractivity contribution in [3.63, 3.8) is 0 Å². The molecule has 6 heteroatoms. The fourth-order valence-electron chi connectivity index (χ4n) is 2.53. The zero-order chi connectivity index (χ0) is 14.4. The Balaban J connectivity index is 2.28. The number of nitrogens with zero attached hydrogens (tertiary/aromatic N) is 2. The van der Waals surface area contributed by atoms with Gasteiger partial charge in [-0.1, -0.05) is 12.1 Å². The van der Waals surface area contributed by atoms with E-state index < -0.39 is 11.4 Å². The molecule has 1 fully saturated rings. The molecule has 20 heavy (non-hydrogen) atoms. The van der Waals surface area contributed by atoms with Crippen LogP contribution in [0.15, 0.2) is 35.3 Å². The van der Waals surface area contributed by atoms with E-state index in [1.165, 1.54) is 6.20 Å². The van der Waals surface area contributed by atoms with E-state index in [2.05, 4.69) is 0 Å². The zero-order valence-electron chi connectivity index (χ0n) is 11.0. The van der Waals surface area contributed by atoms with E-state index in [0.29, 0.717) is 17.4 Å². The first-order chi connectivity index (χ1) is 9.50. The van der Waals surface area contributed by atoms with E-state index in [1.807, 2.05) is 18.0 Å². The second-order valence-electron chi connectivity index (χ2n) is 5.07. The van der Waals surface area contributed by atoms with Crippen molar-refractivity contribution in [1.82, 2.24) is 4.68 Å². The maximum atomic E-state index is 12.2. The number of aromatic nitrogens is 1. The number of aromatic carboxylic acids is 1. The standard InChI is InChI=1S/C14H15N3O3/c1-8-11(15)7-16(8)17-6-10(14(19)20)13(18)9-4-2-3-5-12(9)17/h2-6,8,11H,7,15H2,1H3,(H,19,20)/t8-,11+/m0/s1. The van der Waals surface area contributed by atoms with E-state index in [9.17, 15) is 14.7 Å². The van der Waals surface area contributed by atoms with Gasteiger partial charge in [-0.2, -0.15) is 0 Å². The molecular formula is C14H15N3O3. The van der Waals surface area contributed by atoms with Crippen LogP contribution in [0.25, 0.3) is 10.9 Å². The largest absolute Gasteiger partial charge is 0.477 e. The number of fused-ring (bicyclic) bond motifs is 1. The first kappa shape index (κ1) is 12.7. The molecular weight excluding hydrogens is 258 g/mol. The number of carboxylic acids is 1. The topological polar surface area (TPSA) is 88.6 Å². The number of carboxylic acid groups (broad SMARTS) is 1. The Morgan fingerprint density at radius 2 is 2.10 bits per heavy atom. The summed E-state index contributed by atoms with van der Waals surface area (Å²) in [5, 5.41) is 11.5. The predicted octanol–water partition coefficient (Wildman–Crippen LogP) is 0.367. The molecule has 0 aliphatic carbocycles. The normalized spacial score (nSPS) is 21.8. The molecule has 0 amide bonds. The number of para-hydroxylation sites is 1. The van der Waals surface area contributed by atoms with Crippen LogP contribution in [-0.2, 0) is 0 Å². The Labute approximate surface area is 115 Å². The highest BCUT2D eigenvalue weighted by atomic mass is 16.4. The molecule has 0 saturated carbocycles. The van der Waals surface area contributed by atoms with Gasteiger partial charge in [-0.3, -0.25) is 9.47 Å². The molecule has 1 saturated heterocycles. The van der Waals surface area contributed by atoms with Gasteiger partial charge in [0.15, 0.2) is 0 Å². The van der Waals surface area contributed by atoms with Gasteiger partial charge in [0.1, 0.15) is 5.56 Å². The summed E-state index contributed by atoms with van der Waals surface area (Å²) < 4.78 is 1.73. The van der Waals surface area contributed by atoms with Gasteiger partial charge >= 0.3 is 5.97 Å². The highest BCUT2D eigenvalue weighted by Crippen LogP contribution is 2.19. The highest BCUT2D eigenvalue weighted by molar-refractivity contribution is 5.92. The molecule has 0 radical (unpaired) electrons. The summed E-state index contributed by atoms with van der Waals surface area (Å²) >= 11 is 0. The van der Waals surface area contributed by atoms with Crippen LogP contribution >= 0.6 is 0 Å². The Bertz CT molecular complexity index is 753. The van der Waals surface area contributed by atoms with Gasteiger partial charge in [-0.25, -0.2) is 4.79 Å². The van der Waals surface area contributed by atoms with Crippen LogP contribution in [0.2, 0.25) is 0 Å². The summed E-state index contributed by atoms with van der Waals surface area (Å²) in [5.41, 5.74) is 5.90. The zero-order valence-corrected chi connectivity index (χ0v) is 11.0. The lowest BCUT2D eigenvalue weighted by atomic mass is 10.0. The lowest BCUT2D eigenvalue weighted by molar-refractivity contribution is 0.0694. The van der Waals surface area contributed by atoms with Gasteiger partial charge in [0, 0.05) is 17.6 Å². The number of rotatable bonds is 2. The molecule has 1 aromatic carbocycles. The van der Waals surface area contributed by atoms with Gasteiger partial charge < -0.3 is 15.8 Å². The Hall–Kier alpha value is -2.34. The van der Waals surface area contributed by atoms with E-state index in [0.717, 1.165) is 0 Å². The molecule has 0 spiro atoms. The van der Waals surface area contributed by atoms with Gasteiger partial charge in [0.2, 0.25) is 5.43 Å². The minimum Gasteiger partial charge on any atom is -0.477 e. The summed E-state index contributed by atoms with van der Waals surface area (Å²) in [5.74, 6) is -1.22. The summed E-state index contributed by atoms with van der Waals surface area (Å²) in [4.78, 5) is 23.4. The molecule has 3 rings (SSSR count). The average Bonchev–Trinajstić information content (AvgIpc) is 2.45. The second-order valence-corrected chi connectivity index (χ2v) is 5.07. The fourth-order valence-corrected chi connectivity index (χ4v) is 2.53. The van der Waals surface area contributed by atoms with Crippen LogP contribution in [0.4, 0.5) is 0 Å². The van der Waals surface area contributed by atoms with Crippen molar-refractivity contribution in [2.24, 2.45) is 5.73 Å². The van der Waals surface area contributed by atoms with Crippen molar-refractivity contribution in [2.45, 2.75) is 19.0 Å². The Morgan fingerprint density at radius 3 is 2.70 bits per heavy atom. The lowest BCUT2D eigenvalue weighted by Crippen LogP contribution is -2.67. The summed E-state index contributed by atoms with van der Waals surface area (Å²) in [7, 11) is 0. The van der Waals surface area contributed by atoms with Crippen LogP contribution in [0, 0.1) is 0 Å². The summed E-state index contributed by atoms with van der Waals surface area (Å²) in [6.45, 7) is 2.61. The van der Waals surface area contributed by atoms with Crippen molar-refractivity contribution in [2.75, 3.05) is 11.6 Å². The van der Waals surface area contributed by atoms with Crippen molar-refractivity contribution < 1.29 is 9.90 Å². The monoisotopic (exact) mass is 273 g/mol. The van der Waals surface area contributed by atoms with Gasteiger partial charge in [-0.05, 0) is 19.1 Å². The summed E-state index contributed by atoms with van der Waals surface area (Å²) in [6.07, 6.45) is 1.38. The first-order valence-electron chi connectivity index (χ1n) is 6.41. The molecule has 3 N–H and O–H groups in total. The number of hydrogen-bond acceptors (Lipinski definition) is 4. The Morgan fingerprint density at radius 1 is 1.40 bits per heavy atom. The SMILES string of the molecule is C[C@H]1[C@H](N)CN1n1cc(C(=O)O)c(=O)c2ccccc21. The summed E-state index contributed by atoms with van der Waals surface area (Å²) in [6, 6.07) is 7.15. The fraction of sp³-hybridized carbons (Fsp3) is 0.286. The molecule has 0 bridgehead atoms. The number of pyridine rings is 1. The van der Waals surface area contributed by atoms with Gasteiger partial charge in [0.05, 0.1) is 18.1 Å². The molecule has 1 aliphatic heterocycles. The van der Waals surface area contributed by atoms with Crippen LogP contribution in [0.5, 0.6) is 0 Å². The third-order valence-corrected chi connectivity index (χ3v) is 3.89. The van der Waals surface area contributed by atoms with Crippen LogP contribution < -0.4 is 16.2 Å². The molecule has 0 unspecified atom stereocenters. The first-order valence-corrected chi connectivity index (χ1v) is 6.41. The molecule has 2 heterocycles. The Kier molecular flexibility index (Phi) is 2.76. The minimum atomic E-state index is -1.22. The average molecular weight is 273 g/mol.